The highest BCUT2D eigenvalue weighted by atomic mass is 16.6. The summed E-state index contributed by atoms with van der Waals surface area (Å²) < 4.78 is 13.3. The smallest absolute Gasteiger partial charge is 0.264 e. The first-order chi connectivity index (χ1) is 10.8. The van der Waals surface area contributed by atoms with Gasteiger partial charge in [-0.25, -0.2) is 0 Å². The molecule has 0 bridgehead atoms. The molecule has 1 aromatic heterocycles. The number of aryl methyl sites for hydroxylation is 1. The molecule has 2 aromatic rings. The molecule has 4 rings (SSSR count). The summed E-state index contributed by atoms with van der Waals surface area (Å²) in [6.07, 6.45) is 2.89. The summed E-state index contributed by atoms with van der Waals surface area (Å²) in [6, 6.07) is 9.52. The van der Waals surface area contributed by atoms with Crippen molar-refractivity contribution in [2.24, 2.45) is 0 Å². The fraction of sp³-hybridized carbons (Fsp3) is 0.375. The minimum absolute atomic E-state index is 0.118. The van der Waals surface area contributed by atoms with Crippen LogP contribution >= 0.6 is 0 Å². The summed E-state index contributed by atoms with van der Waals surface area (Å²) in [5, 5.41) is 7.31. The van der Waals surface area contributed by atoms with Gasteiger partial charge >= 0.3 is 0 Å². The first-order valence-electron chi connectivity index (χ1n) is 7.49. The second-order valence-electron chi connectivity index (χ2n) is 5.61. The van der Waals surface area contributed by atoms with Crippen molar-refractivity contribution in [2.45, 2.75) is 31.5 Å². The van der Waals surface area contributed by atoms with Crippen LogP contribution in [0.5, 0.6) is 11.5 Å². The minimum Gasteiger partial charge on any atom is -0.485 e. The van der Waals surface area contributed by atoms with Crippen LogP contribution in [0.15, 0.2) is 36.5 Å². The van der Waals surface area contributed by atoms with E-state index in [0.717, 1.165) is 25.1 Å². The molecule has 1 aromatic carbocycles. The molecule has 6 heteroatoms. The third-order valence-corrected chi connectivity index (χ3v) is 4.10. The average molecular weight is 299 g/mol. The Morgan fingerprint density at radius 3 is 3.05 bits per heavy atom. The van der Waals surface area contributed by atoms with Crippen LogP contribution in [0.25, 0.3) is 0 Å². The van der Waals surface area contributed by atoms with Crippen molar-refractivity contribution in [2.75, 3.05) is 6.61 Å². The van der Waals surface area contributed by atoms with Crippen LogP contribution in [0.1, 0.15) is 12.1 Å². The Morgan fingerprint density at radius 2 is 2.14 bits per heavy atom. The Balaban J connectivity index is 1.39. The number of carbonyl (C=O) groups is 1. The molecule has 6 nitrogen and oxygen atoms in total. The van der Waals surface area contributed by atoms with Crippen LogP contribution in [0.4, 0.5) is 0 Å². The number of hydrogen-bond donors (Lipinski definition) is 1. The Hall–Kier alpha value is -2.50. The van der Waals surface area contributed by atoms with E-state index in [4.69, 9.17) is 9.47 Å². The molecule has 22 heavy (non-hydrogen) atoms. The number of nitrogens with one attached hydrogen (secondary N) is 1. The second-order valence-corrected chi connectivity index (χ2v) is 5.61. The van der Waals surface area contributed by atoms with Gasteiger partial charge in [0.15, 0.2) is 11.5 Å². The van der Waals surface area contributed by atoms with Crippen molar-refractivity contribution in [3.63, 3.8) is 0 Å². The highest BCUT2D eigenvalue weighted by molar-refractivity contribution is 5.82. The van der Waals surface area contributed by atoms with Gasteiger partial charge in [0.2, 0.25) is 6.10 Å². The number of aromatic nitrogens is 2. The molecule has 3 heterocycles. The van der Waals surface area contributed by atoms with Gasteiger partial charge in [-0.3, -0.25) is 9.48 Å². The molecule has 0 aliphatic carbocycles. The van der Waals surface area contributed by atoms with E-state index in [1.165, 1.54) is 0 Å². The number of carbonyl (C=O) groups excluding carboxylic acids is 1. The lowest BCUT2D eigenvalue weighted by Gasteiger charge is -2.29. The van der Waals surface area contributed by atoms with Crippen molar-refractivity contribution >= 4 is 5.91 Å². The van der Waals surface area contributed by atoms with Gasteiger partial charge in [0.1, 0.15) is 6.61 Å². The van der Waals surface area contributed by atoms with E-state index < -0.39 is 6.10 Å². The standard InChI is InChI=1S/C16H17N3O3/c20-16(15-10-21-13-3-1-2-4-14(13)22-15)18-11-6-8-19-12(9-11)5-7-17-19/h1-5,7,11,15H,6,8-10H2,(H,18,20)/t11-,15+/m0/s1. The minimum atomic E-state index is -0.596. The molecule has 1 N–H and O–H groups in total. The van der Waals surface area contributed by atoms with E-state index in [1.54, 1.807) is 6.20 Å². The van der Waals surface area contributed by atoms with Crippen LogP contribution < -0.4 is 14.8 Å². The van der Waals surface area contributed by atoms with E-state index in [2.05, 4.69) is 10.4 Å². The van der Waals surface area contributed by atoms with Crippen molar-refractivity contribution < 1.29 is 14.3 Å². The van der Waals surface area contributed by atoms with Crippen molar-refractivity contribution in [1.29, 1.82) is 0 Å². The Bertz CT molecular complexity index is 697. The number of rotatable bonds is 2. The van der Waals surface area contributed by atoms with Gasteiger partial charge in [0.25, 0.3) is 5.91 Å². The molecule has 0 radical (unpaired) electrons. The third-order valence-electron chi connectivity index (χ3n) is 4.10. The number of ether oxygens (including phenoxy) is 2. The Kier molecular flexibility index (Phi) is 3.21. The largest absolute Gasteiger partial charge is 0.485 e. The predicted octanol–water partition coefficient (Wildman–Crippen LogP) is 1.15. The molecule has 0 fully saturated rings. The zero-order valence-electron chi connectivity index (χ0n) is 12.1. The second kappa shape index (κ2) is 5.36. The topological polar surface area (TPSA) is 65.4 Å². The van der Waals surface area contributed by atoms with E-state index in [-0.39, 0.29) is 18.6 Å². The van der Waals surface area contributed by atoms with Gasteiger partial charge in [-0.05, 0) is 24.6 Å². The lowest BCUT2D eigenvalue weighted by Crippen LogP contribution is -2.49. The lowest BCUT2D eigenvalue weighted by molar-refractivity contribution is -0.131. The van der Waals surface area contributed by atoms with E-state index >= 15 is 0 Å². The molecule has 2 aliphatic rings. The van der Waals surface area contributed by atoms with E-state index in [0.29, 0.717) is 11.5 Å². The van der Waals surface area contributed by atoms with Gasteiger partial charge in [0.05, 0.1) is 0 Å². The van der Waals surface area contributed by atoms with Gasteiger partial charge < -0.3 is 14.8 Å². The number of fused-ring (bicyclic) bond motifs is 2. The fourth-order valence-corrected chi connectivity index (χ4v) is 2.93. The van der Waals surface area contributed by atoms with E-state index in [1.807, 2.05) is 35.0 Å². The molecule has 2 aliphatic heterocycles. The molecule has 0 spiro atoms. The highest BCUT2D eigenvalue weighted by Crippen LogP contribution is 2.30. The van der Waals surface area contributed by atoms with Crippen LogP contribution in [0, 0.1) is 0 Å². The Labute approximate surface area is 128 Å². The summed E-state index contributed by atoms with van der Waals surface area (Å²) in [4.78, 5) is 12.4. The average Bonchev–Trinajstić information content (AvgIpc) is 3.02. The summed E-state index contributed by atoms with van der Waals surface area (Å²) in [6.45, 7) is 1.08. The molecule has 0 unspecified atom stereocenters. The maximum atomic E-state index is 12.4. The SMILES string of the molecule is O=C(N[C@H]1CCn2nccc2C1)[C@H]1COc2ccccc2O1. The lowest BCUT2D eigenvalue weighted by atomic mass is 10.0. The molecule has 1 amide bonds. The highest BCUT2D eigenvalue weighted by Gasteiger charge is 2.29. The predicted molar refractivity (Wildman–Crippen MR) is 78.8 cm³/mol. The van der Waals surface area contributed by atoms with Crippen LogP contribution in [0.2, 0.25) is 0 Å². The maximum Gasteiger partial charge on any atom is 0.264 e. The summed E-state index contributed by atoms with van der Waals surface area (Å²) >= 11 is 0. The van der Waals surface area contributed by atoms with Gasteiger partial charge in [-0.15, -0.1) is 0 Å². The number of para-hydroxylation sites is 2. The zero-order chi connectivity index (χ0) is 14.9. The first-order valence-corrected chi connectivity index (χ1v) is 7.49. The van der Waals surface area contributed by atoms with Crippen LogP contribution in [-0.2, 0) is 17.8 Å². The molecule has 0 saturated heterocycles. The molecule has 2 atom stereocenters. The number of hydrogen-bond acceptors (Lipinski definition) is 4. The normalized spacial score (nSPS) is 22.7. The molecular formula is C16H17N3O3. The maximum absolute atomic E-state index is 12.4. The first kappa shape index (κ1) is 13.2. The number of benzene rings is 1. The molecule has 0 saturated carbocycles. The van der Waals surface area contributed by atoms with Crippen molar-refractivity contribution in [3.8, 4) is 11.5 Å². The molecule has 114 valence electrons. The summed E-state index contributed by atoms with van der Waals surface area (Å²) in [5.74, 6) is 1.19. The van der Waals surface area contributed by atoms with Crippen molar-refractivity contribution in [3.05, 3.63) is 42.2 Å². The Morgan fingerprint density at radius 1 is 1.27 bits per heavy atom. The van der Waals surface area contributed by atoms with Crippen molar-refractivity contribution in [1.82, 2.24) is 15.1 Å². The van der Waals surface area contributed by atoms with Gasteiger partial charge in [-0.1, -0.05) is 12.1 Å². The number of amides is 1. The quantitative estimate of drug-likeness (QED) is 0.903. The number of nitrogens with zero attached hydrogens (tertiary/aromatic N) is 2. The summed E-state index contributed by atoms with van der Waals surface area (Å²) in [7, 11) is 0. The monoisotopic (exact) mass is 299 g/mol. The van der Waals surface area contributed by atoms with E-state index in [9.17, 15) is 4.79 Å². The zero-order valence-corrected chi connectivity index (χ0v) is 12.1. The van der Waals surface area contributed by atoms with Crippen LogP contribution in [0.3, 0.4) is 0 Å². The van der Waals surface area contributed by atoms with Gasteiger partial charge in [-0.2, -0.15) is 5.10 Å². The van der Waals surface area contributed by atoms with Gasteiger partial charge in [0, 0.05) is 30.9 Å². The third kappa shape index (κ3) is 2.41. The summed E-state index contributed by atoms with van der Waals surface area (Å²) in [5.41, 5.74) is 1.16. The van der Waals surface area contributed by atoms with Crippen LogP contribution in [-0.4, -0.2) is 34.4 Å². The molecular weight excluding hydrogens is 282 g/mol. The fourth-order valence-electron chi connectivity index (χ4n) is 2.93.